The van der Waals surface area contributed by atoms with Crippen molar-refractivity contribution in [1.29, 1.82) is 0 Å². The Kier molecular flexibility index (Phi) is 5.06. The summed E-state index contributed by atoms with van der Waals surface area (Å²) in [6.07, 6.45) is -4.27. The molecule has 1 aromatic heterocycles. The van der Waals surface area contributed by atoms with Crippen LogP contribution in [0.1, 0.15) is 12.0 Å². The molecular weight excluding hydrogens is 379 g/mol. The van der Waals surface area contributed by atoms with E-state index in [0.717, 1.165) is 25.2 Å². The number of amides is 1. The molecule has 0 bridgehead atoms. The summed E-state index contributed by atoms with van der Waals surface area (Å²) in [5.74, 6) is 0.00453. The van der Waals surface area contributed by atoms with E-state index >= 15 is 0 Å². The van der Waals surface area contributed by atoms with Crippen molar-refractivity contribution in [3.05, 3.63) is 17.8 Å². The largest absolute Gasteiger partial charge is 0.417 e. The lowest BCUT2D eigenvalue weighted by Gasteiger charge is -2.38. The van der Waals surface area contributed by atoms with Gasteiger partial charge in [0.25, 0.3) is 5.91 Å². The van der Waals surface area contributed by atoms with E-state index in [0.29, 0.717) is 31.2 Å². The zero-order valence-electron chi connectivity index (χ0n) is 15.1. The molecule has 0 aliphatic carbocycles. The van der Waals surface area contributed by atoms with E-state index in [1.165, 1.54) is 4.90 Å². The molecule has 3 aliphatic heterocycles. The Labute approximate surface area is 159 Å². The van der Waals surface area contributed by atoms with Gasteiger partial charge in [-0.2, -0.15) is 13.2 Å². The highest BCUT2D eigenvalue weighted by molar-refractivity contribution is 5.82. The van der Waals surface area contributed by atoms with Crippen LogP contribution in [0.25, 0.3) is 0 Å². The lowest BCUT2D eigenvalue weighted by molar-refractivity contribution is -0.144. The van der Waals surface area contributed by atoms with Crippen molar-refractivity contribution in [2.45, 2.75) is 30.9 Å². The molecular formula is C17H22F3N5O3. The second kappa shape index (κ2) is 7.37. The van der Waals surface area contributed by atoms with Crippen LogP contribution < -0.4 is 15.5 Å². The first-order chi connectivity index (χ1) is 13.3. The normalized spacial score (nSPS) is 24.9. The molecule has 4 rings (SSSR count). The van der Waals surface area contributed by atoms with Gasteiger partial charge in [0.2, 0.25) is 0 Å². The number of nitrogens with zero attached hydrogens (tertiary/aromatic N) is 3. The Hall–Kier alpha value is -2.11. The van der Waals surface area contributed by atoms with Gasteiger partial charge in [0, 0.05) is 25.3 Å². The van der Waals surface area contributed by atoms with Gasteiger partial charge in [-0.3, -0.25) is 4.79 Å². The number of nitrogens with one attached hydrogen (secondary N) is 2. The van der Waals surface area contributed by atoms with E-state index in [1.54, 1.807) is 0 Å². The van der Waals surface area contributed by atoms with Crippen LogP contribution in [0.15, 0.2) is 12.3 Å². The molecule has 0 radical (unpaired) electrons. The Morgan fingerprint density at radius 3 is 2.89 bits per heavy atom. The van der Waals surface area contributed by atoms with Gasteiger partial charge in [-0.1, -0.05) is 0 Å². The van der Waals surface area contributed by atoms with Crippen LogP contribution in [0.4, 0.5) is 24.7 Å². The van der Waals surface area contributed by atoms with Crippen molar-refractivity contribution in [2.75, 3.05) is 49.6 Å². The van der Waals surface area contributed by atoms with Crippen molar-refractivity contribution in [3.63, 3.8) is 0 Å². The third kappa shape index (κ3) is 3.74. The molecule has 8 nitrogen and oxygen atoms in total. The molecule has 28 heavy (non-hydrogen) atoms. The molecule has 3 atom stereocenters. The van der Waals surface area contributed by atoms with Gasteiger partial charge in [0.15, 0.2) is 11.9 Å². The monoisotopic (exact) mass is 401 g/mol. The SMILES string of the molecule is O=C(C(O)COC[C@H]1CCN1)N1CCN2c3ncc(C(F)(F)F)cc3NC2C1. The molecule has 3 aliphatic rings. The van der Waals surface area contributed by atoms with Crippen LogP contribution in [0.3, 0.4) is 0 Å². The fourth-order valence-electron chi connectivity index (χ4n) is 3.58. The number of carbonyl (C=O) groups is 1. The van der Waals surface area contributed by atoms with Crippen LogP contribution >= 0.6 is 0 Å². The summed E-state index contributed by atoms with van der Waals surface area (Å²) >= 11 is 0. The van der Waals surface area contributed by atoms with Crippen molar-refractivity contribution in [3.8, 4) is 0 Å². The fraction of sp³-hybridized carbons (Fsp3) is 0.647. The number of piperazine rings is 1. The van der Waals surface area contributed by atoms with E-state index in [-0.39, 0.29) is 25.4 Å². The molecule has 154 valence electrons. The number of aliphatic hydroxyl groups is 1. The number of anilines is 2. The highest BCUT2D eigenvalue weighted by atomic mass is 19.4. The number of halogens is 3. The van der Waals surface area contributed by atoms with Crippen molar-refractivity contribution >= 4 is 17.4 Å². The third-order valence-corrected chi connectivity index (χ3v) is 5.29. The summed E-state index contributed by atoms with van der Waals surface area (Å²) in [7, 11) is 0. The Morgan fingerprint density at radius 1 is 1.43 bits per heavy atom. The van der Waals surface area contributed by atoms with Crippen LogP contribution in [0, 0.1) is 0 Å². The van der Waals surface area contributed by atoms with E-state index < -0.39 is 23.8 Å². The summed E-state index contributed by atoms with van der Waals surface area (Å²) in [5, 5.41) is 16.3. The number of ether oxygens (including phenoxy) is 1. The quantitative estimate of drug-likeness (QED) is 0.651. The molecule has 2 fully saturated rings. The smallest absolute Gasteiger partial charge is 0.381 e. The average molecular weight is 401 g/mol. The van der Waals surface area contributed by atoms with E-state index in [2.05, 4.69) is 15.6 Å². The molecule has 1 aromatic rings. The average Bonchev–Trinajstić information content (AvgIpc) is 2.99. The van der Waals surface area contributed by atoms with Crippen LogP contribution in [-0.2, 0) is 15.7 Å². The lowest BCUT2D eigenvalue weighted by Crippen LogP contribution is -2.57. The number of alkyl halides is 3. The Morgan fingerprint density at radius 2 is 2.21 bits per heavy atom. The number of pyridine rings is 1. The number of aliphatic hydroxyl groups excluding tert-OH is 1. The van der Waals surface area contributed by atoms with Gasteiger partial charge in [-0.25, -0.2) is 4.98 Å². The molecule has 2 saturated heterocycles. The number of carbonyl (C=O) groups excluding carboxylic acids is 1. The first-order valence-corrected chi connectivity index (χ1v) is 9.21. The van der Waals surface area contributed by atoms with Gasteiger partial charge in [-0.05, 0) is 19.0 Å². The summed E-state index contributed by atoms with van der Waals surface area (Å²) in [6, 6.07) is 1.31. The van der Waals surface area contributed by atoms with Crippen LogP contribution in [0.2, 0.25) is 0 Å². The standard InChI is InChI=1S/C17H22F3N5O3/c18-17(19,20)10-5-12-15(22-6-10)25-4-3-24(7-14(25)23-12)16(27)13(26)9-28-8-11-1-2-21-11/h5-6,11,13-14,21,23,26H,1-4,7-9H2/t11-,13?,14?/m1/s1. The molecule has 3 N–H and O–H groups in total. The number of hydrogen-bond acceptors (Lipinski definition) is 7. The van der Waals surface area contributed by atoms with Crippen molar-refractivity contribution < 1.29 is 27.8 Å². The first-order valence-electron chi connectivity index (χ1n) is 9.21. The molecule has 0 aromatic carbocycles. The topological polar surface area (TPSA) is 90.0 Å². The fourth-order valence-corrected chi connectivity index (χ4v) is 3.58. The summed E-state index contributed by atoms with van der Waals surface area (Å²) < 4.78 is 44.0. The lowest BCUT2D eigenvalue weighted by atomic mass is 10.1. The third-order valence-electron chi connectivity index (χ3n) is 5.29. The number of hydrogen-bond donors (Lipinski definition) is 3. The zero-order valence-corrected chi connectivity index (χ0v) is 15.1. The van der Waals surface area contributed by atoms with Gasteiger partial charge >= 0.3 is 6.18 Å². The molecule has 1 amide bonds. The maximum atomic E-state index is 12.9. The predicted molar refractivity (Wildman–Crippen MR) is 93.8 cm³/mol. The predicted octanol–water partition coefficient (Wildman–Crippen LogP) is 0.240. The minimum absolute atomic E-state index is 0.0773. The van der Waals surface area contributed by atoms with E-state index in [9.17, 15) is 23.1 Å². The molecule has 11 heteroatoms. The minimum Gasteiger partial charge on any atom is -0.381 e. The van der Waals surface area contributed by atoms with E-state index in [4.69, 9.17) is 4.74 Å². The summed E-state index contributed by atoms with van der Waals surface area (Å²) in [4.78, 5) is 19.8. The highest BCUT2D eigenvalue weighted by Gasteiger charge is 2.39. The van der Waals surface area contributed by atoms with Crippen LogP contribution in [0.5, 0.6) is 0 Å². The number of rotatable bonds is 5. The van der Waals surface area contributed by atoms with Gasteiger partial charge in [-0.15, -0.1) is 0 Å². The second-order valence-corrected chi connectivity index (χ2v) is 7.22. The maximum Gasteiger partial charge on any atom is 0.417 e. The maximum absolute atomic E-state index is 12.9. The summed E-state index contributed by atoms with van der Waals surface area (Å²) in [6.45, 7) is 2.32. The number of fused-ring (bicyclic) bond motifs is 3. The van der Waals surface area contributed by atoms with Gasteiger partial charge in [0.05, 0.1) is 31.0 Å². The highest BCUT2D eigenvalue weighted by Crippen LogP contribution is 2.38. The van der Waals surface area contributed by atoms with Gasteiger partial charge < -0.3 is 30.3 Å². The minimum atomic E-state index is -4.46. The molecule has 0 saturated carbocycles. The zero-order chi connectivity index (χ0) is 19.9. The van der Waals surface area contributed by atoms with E-state index in [1.807, 2.05) is 4.90 Å². The Balaban J connectivity index is 1.33. The molecule has 4 heterocycles. The Bertz CT molecular complexity index is 743. The second-order valence-electron chi connectivity index (χ2n) is 7.22. The van der Waals surface area contributed by atoms with Crippen LogP contribution in [-0.4, -0.2) is 78.6 Å². The molecule has 0 spiro atoms. The van der Waals surface area contributed by atoms with Gasteiger partial charge in [0.1, 0.15) is 6.17 Å². The number of aromatic nitrogens is 1. The molecule has 2 unspecified atom stereocenters. The van der Waals surface area contributed by atoms with Crippen molar-refractivity contribution in [1.82, 2.24) is 15.2 Å². The first kappa shape index (κ1) is 19.2. The summed E-state index contributed by atoms with van der Waals surface area (Å²) in [5.41, 5.74) is -0.522. The van der Waals surface area contributed by atoms with Crippen molar-refractivity contribution in [2.24, 2.45) is 0 Å².